The van der Waals surface area contributed by atoms with E-state index in [1.165, 1.54) is 6.20 Å². The van der Waals surface area contributed by atoms with Crippen molar-refractivity contribution >= 4 is 0 Å². The second-order valence-corrected chi connectivity index (χ2v) is 5.18. The third-order valence-electron chi connectivity index (χ3n) is 3.49. The second kappa shape index (κ2) is 6.98. The highest BCUT2D eigenvalue weighted by Gasteiger charge is 2.15. The molecule has 1 aromatic heterocycles. The molecule has 1 heterocycles. The molecule has 1 unspecified atom stereocenters. The zero-order valence-corrected chi connectivity index (χ0v) is 12.4. The van der Waals surface area contributed by atoms with Crippen LogP contribution < -0.4 is 10.5 Å². The van der Waals surface area contributed by atoms with Crippen molar-refractivity contribution in [3.8, 4) is 5.75 Å². The van der Waals surface area contributed by atoms with Gasteiger partial charge < -0.3 is 14.3 Å². The molecule has 3 aromatic rings. The molecule has 23 heavy (non-hydrogen) atoms. The van der Waals surface area contributed by atoms with Crippen molar-refractivity contribution in [1.82, 2.24) is 4.98 Å². The molecular weight excluding hydrogens is 294 g/mol. The van der Waals surface area contributed by atoms with Crippen molar-refractivity contribution < 1.29 is 14.3 Å². The lowest BCUT2D eigenvalue weighted by molar-refractivity contribution is 0.146. The minimum Gasteiger partial charge on any atom is -0.489 e. The molecule has 1 atom stereocenters. The van der Waals surface area contributed by atoms with Gasteiger partial charge in [-0.1, -0.05) is 48.5 Å². The minimum absolute atomic E-state index is 0.216. The molecule has 2 aromatic carbocycles. The topological polar surface area (TPSA) is 75.5 Å². The van der Waals surface area contributed by atoms with Crippen LogP contribution in [0.5, 0.6) is 5.75 Å². The molecule has 0 radical (unpaired) electrons. The number of aromatic nitrogens is 1. The smallest absolute Gasteiger partial charge is 0.416 e. The number of oxazole rings is 1. The van der Waals surface area contributed by atoms with Crippen LogP contribution in [-0.4, -0.2) is 10.1 Å². The molecule has 5 nitrogen and oxygen atoms in total. The first-order valence-corrected chi connectivity index (χ1v) is 7.33. The van der Waals surface area contributed by atoms with Crippen molar-refractivity contribution in [2.24, 2.45) is 0 Å². The number of H-pyrrole nitrogens is 1. The molecule has 0 bridgehead atoms. The van der Waals surface area contributed by atoms with E-state index in [0.29, 0.717) is 18.8 Å². The molecule has 0 amide bonds. The third-order valence-corrected chi connectivity index (χ3v) is 3.49. The maximum absolute atomic E-state index is 11.0. The molecule has 118 valence electrons. The average molecular weight is 311 g/mol. The Morgan fingerprint density at radius 3 is 2.57 bits per heavy atom. The molecule has 0 spiro atoms. The summed E-state index contributed by atoms with van der Waals surface area (Å²) in [6.45, 7) is 0.452. The largest absolute Gasteiger partial charge is 0.489 e. The van der Waals surface area contributed by atoms with Gasteiger partial charge in [-0.05, 0) is 17.2 Å². The molecule has 0 aliphatic heterocycles. The Labute approximate surface area is 133 Å². The first kappa shape index (κ1) is 15.1. The fraction of sp³-hybridized carbons (Fsp3) is 0.167. The van der Waals surface area contributed by atoms with Gasteiger partial charge in [-0.25, -0.2) is 4.79 Å². The van der Waals surface area contributed by atoms with E-state index < -0.39 is 11.9 Å². The molecule has 2 N–H and O–H groups in total. The zero-order valence-electron chi connectivity index (χ0n) is 12.4. The summed E-state index contributed by atoms with van der Waals surface area (Å²) in [5.41, 5.74) is 1.92. The molecule has 0 fully saturated rings. The lowest BCUT2D eigenvalue weighted by atomic mass is 10.1. The van der Waals surface area contributed by atoms with Crippen LogP contribution in [0.1, 0.15) is 23.0 Å². The summed E-state index contributed by atoms with van der Waals surface area (Å²) in [6.07, 6.45) is 0.766. The number of aliphatic hydroxyl groups excluding tert-OH is 1. The minimum atomic E-state index is -0.907. The summed E-state index contributed by atoms with van der Waals surface area (Å²) in [6, 6.07) is 17.4. The van der Waals surface area contributed by atoms with Crippen LogP contribution in [0.4, 0.5) is 0 Å². The van der Waals surface area contributed by atoms with Crippen LogP contribution in [0.3, 0.4) is 0 Å². The Morgan fingerprint density at radius 1 is 1.09 bits per heavy atom. The van der Waals surface area contributed by atoms with E-state index in [4.69, 9.17) is 9.15 Å². The van der Waals surface area contributed by atoms with Gasteiger partial charge in [-0.15, -0.1) is 0 Å². The van der Waals surface area contributed by atoms with Gasteiger partial charge in [-0.2, -0.15) is 0 Å². The van der Waals surface area contributed by atoms with Crippen molar-refractivity contribution in [2.75, 3.05) is 0 Å². The standard InChI is InChI=1S/C18H17NO4/c20-15(17-11-19-18(21)23-17)10-14-8-4-5-9-16(14)22-12-13-6-2-1-3-7-13/h1-9,11,15,20H,10,12H2,(H,19,21). The summed E-state index contributed by atoms with van der Waals surface area (Å²) < 4.78 is 10.7. The molecular formula is C18H17NO4. The Morgan fingerprint density at radius 2 is 1.83 bits per heavy atom. The molecule has 5 heteroatoms. The molecule has 0 saturated carbocycles. The molecule has 0 aliphatic carbocycles. The number of hydrogen-bond donors (Lipinski definition) is 2. The molecule has 0 aliphatic rings. The first-order valence-electron chi connectivity index (χ1n) is 7.33. The summed E-state index contributed by atoms with van der Waals surface area (Å²) in [5.74, 6) is 0.341. The van der Waals surface area contributed by atoms with Gasteiger partial charge in [-0.3, -0.25) is 4.98 Å². The van der Waals surface area contributed by atoms with Crippen LogP contribution in [0, 0.1) is 0 Å². The second-order valence-electron chi connectivity index (χ2n) is 5.18. The van der Waals surface area contributed by atoms with E-state index in [9.17, 15) is 9.90 Å². The lowest BCUT2D eigenvalue weighted by Gasteiger charge is -2.13. The third kappa shape index (κ3) is 3.90. The highest BCUT2D eigenvalue weighted by atomic mass is 16.5. The maximum Gasteiger partial charge on any atom is 0.416 e. The van der Waals surface area contributed by atoms with E-state index in [-0.39, 0.29) is 5.76 Å². The Hall–Kier alpha value is -2.79. The number of rotatable bonds is 6. The number of aromatic amines is 1. The van der Waals surface area contributed by atoms with Crippen LogP contribution in [-0.2, 0) is 13.0 Å². The zero-order chi connectivity index (χ0) is 16.1. The van der Waals surface area contributed by atoms with Gasteiger partial charge in [0.05, 0.1) is 0 Å². The van der Waals surface area contributed by atoms with E-state index in [2.05, 4.69) is 4.98 Å². The van der Waals surface area contributed by atoms with Crippen LogP contribution in [0.2, 0.25) is 0 Å². The van der Waals surface area contributed by atoms with E-state index in [1.54, 1.807) is 0 Å². The predicted octanol–water partition coefficient (Wildman–Crippen LogP) is 2.82. The van der Waals surface area contributed by atoms with Crippen LogP contribution in [0.15, 0.2) is 70.0 Å². The normalized spacial score (nSPS) is 12.0. The number of benzene rings is 2. The summed E-state index contributed by atoms with van der Waals surface area (Å²) in [7, 11) is 0. The number of hydrogen-bond acceptors (Lipinski definition) is 4. The van der Waals surface area contributed by atoms with Gasteiger partial charge in [0.15, 0.2) is 5.76 Å². The fourth-order valence-electron chi connectivity index (χ4n) is 2.32. The lowest BCUT2D eigenvalue weighted by Crippen LogP contribution is -2.04. The number of aliphatic hydroxyl groups is 1. The maximum atomic E-state index is 11.0. The van der Waals surface area contributed by atoms with E-state index in [1.807, 2.05) is 54.6 Å². The van der Waals surface area contributed by atoms with Gasteiger partial charge in [0.2, 0.25) is 0 Å². The van der Waals surface area contributed by atoms with Crippen LogP contribution >= 0.6 is 0 Å². The quantitative estimate of drug-likeness (QED) is 0.734. The number of ether oxygens (including phenoxy) is 1. The Kier molecular flexibility index (Phi) is 4.59. The highest BCUT2D eigenvalue weighted by molar-refractivity contribution is 5.34. The SMILES string of the molecule is O=c1[nH]cc(C(O)Cc2ccccc2OCc2ccccc2)o1. The van der Waals surface area contributed by atoms with Crippen LogP contribution in [0.25, 0.3) is 0 Å². The van der Waals surface area contributed by atoms with Gasteiger partial charge >= 0.3 is 5.76 Å². The summed E-state index contributed by atoms with van der Waals surface area (Å²) in [4.78, 5) is 13.4. The Bertz CT molecular complexity index is 807. The molecule has 3 rings (SSSR count). The van der Waals surface area contributed by atoms with E-state index >= 15 is 0 Å². The van der Waals surface area contributed by atoms with Gasteiger partial charge in [0.25, 0.3) is 0 Å². The molecule has 0 saturated heterocycles. The van der Waals surface area contributed by atoms with Crippen molar-refractivity contribution in [3.05, 3.63) is 88.2 Å². The number of para-hydroxylation sites is 1. The van der Waals surface area contributed by atoms with Gasteiger partial charge in [0.1, 0.15) is 18.5 Å². The van der Waals surface area contributed by atoms with Crippen molar-refractivity contribution in [1.29, 1.82) is 0 Å². The number of nitrogens with one attached hydrogen (secondary N) is 1. The fourth-order valence-corrected chi connectivity index (χ4v) is 2.32. The first-order chi connectivity index (χ1) is 11.2. The summed E-state index contributed by atoms with van der Waals surface area (Å²) >= 11 is 0. The Balaban J connectivity index is 1.71. The van der Waals surface area contributed by atoms with Crippen molar-refractivity contribution in [3.63, 3.8) is 0 Å². The predicted molar refractivity (Wildman–Crippen MR) is 85.2 cm³/mol. The summed E-state index contributed by atoms with van der Waals surface area (Å²) in [5, 5.41) is 10.2. The monoisotopic (exact) mass is 311 g/mol. The highest BCUT2D eigenvalue weighted by Crippen LogP contribution is 2.25. The van der Waals surface area contributed by atoms with Crippen molar-refractivity contribution in [2.45, 2.75) is 19.1 Å². The van der Waals surface area contributed by atoms with Gasteiger partial charge in [0, 0.05) is 12.6 Å². The van der Waals surface area contributed by atoms with E-state index in [0.717, 1.165) is 11.1 Å². The average Bonchev–Trinajstić information content (AvgIpc) is 3.02.